The molecule has 0 aromatic heterocycles. The van der Waals surface area contributed by atoms with Crippen LogP contribution in [0.2, 0.25) is 0 Å². The molecule has 1 aliphatic heterocycles. The minimum Gasteiger partial charge on any atom is -0.490 e. The number of aliphatic hydroxyl groups is 1. The van der Waals surface area contributed by atoms with Crippen LogP contribution in [0.4, 0.5) is 10.5 Å². The van der Waals surface area contributed by atoms with Gasteiger partial charge in [-0.1, -0.05) is 18.2 Å². The van der Waals surface area contributed by atoms with Gasteiger partial charge >= 0.3 is 6.03 Å². The van der Waals surface area contributed by atoms with Gasteiger partial charge in [0.15, 0.2) is 0 Å². The number of benzene rings is 2. The number of anilines is 1. The summed E-state index contributed by atoms with van der Waals surface area (Å²) in [5.74, 6) is 0.555. The summed E-state index contributed by atoms with van der Waals surface area (Å²) < 4.78 is 5.43. The first kappa shape index (κ1) is 14.9. The van der Waals surface area contributed by atoms with E-state index in [-0.39, 0.29) is 6.61 Å². The number of nitriles is 1. The van der Waals surface area contributed by atoms with Crippen molar-refractivity contribution in [3.05, 3.63) is 59.7 Å². The van der Waals surface area contributed by atoms with Crippen LogP contribution in [-0.4, -0.2) is 23.8 Å². The molecule has 6 heteroatoms. The summed E-state index contributed by atoms with van der Waals surface area (Å²) in [6.07, 6.45) is -0.891. The van der Waals surface area contributed by atoms with Gasteiger partial charge in [0.25, 0.3) is 0 Å². The molecule has 3 N–H and O–H groups in total. The van der Waals surface area contributed by atoms with Crippen LogP contribution in [0.5, 0.6) is 5.75 Å². The number of urea groups is 1. The molecule has 23 heavy (non-hydrogen) atoms. The second-order valence-corrected chi connectivity index (χ2v) is 5.18. The Kier molecular flexibility index (Phi) is 4.13. The van der Waals surface area contributed by atoms with Crippen LogP contribution in [0.25, 0.3) is 0 Å². The second kappa shape index (κ2) is 6.38. The van der Waals surface area contributed by atoms with E-state index in [1.807, 2.05) is 24.3 Å². The minimum atomic E-state index is -0.891. The monoisotopic (exact) mass is 309 g/mol. The lowest BCUT2D eigenvalue weighted by atomic mass is 9.96. The van der Waals surface area contributed by atoms with E-state index in [4.69, 9.17) is 10.00 Å². The van der Waals surface area contributed by atoms with Crippen molar-refractivity contribution < 1.29 is 14.6 Å². The van der Waals surface area contributed by atoms with Crippen molar-refractivity contribution in [3.8, 4) is 11.8 Å². The van der Waals surface area contributed by atoms with Crippen molar-refractivity contribution in [2.24, 2.45) is 0 Å². The molecule has 0 radical (unpaired) electrons. The summed E-state index contributed by atoms with van der Waals surface area (Å²) in [5.41, 5.74) is 1.68. The molecule has 6 nitrogen and oxygen atoms in total. The lowest BCUT2D eigenvalue weighted by molar-refractivity contribution is 0.0589. The van der Waals surface area contributed by atoms with Gasteiger partial charge in [0.05, 0.1) is 17.7 Å². The molecule has 1 aliphatic rings. The van der Waals surface area contributed by atoms with E-state index in [1.54, 1.807) is 30.3 Å². The summed E-state index contributed by atoms with van der Waals surface area (Å²) in [5, 5.41) is 24.6. The fourth-order valence-electron chi connectivity index (χ4n) is 2.47. The molecule has 1 heterocycles. The van der Waals surface area contributed by atoms with Crippen LogP contribution in [0, 0.1) is 11.3 Å². The quantitative estimate of drug-likeness (QED) is 0.792. The number of nitrogens with zero attached hydrogens (tertiary/aromatic N) is 1. The maximum absolute atomic E-state index is 12.2. The summed E-state index contributed by atoms with van der Waals surface area (Å²) in [7, 11) is 0. The average molecular weight is 309 g/mol. The van der Waals surface area contributed by atoms with Crippen LogP contribution in [0.15, 0.2) is 48.5 Å². The van der Waals surface area contributed by atoms with Crippen molar-refractivity contribution in [2.45, 2.75) is 12.1 Å². The van der Waals surface area contributed by atoms with Gasteiger partial charge < -0.3 is 20.5 Å². The Morgan fingerprint density at radius 2 is 2.04 bits per heavy atom. The standard InChI is InChI=1S/C17H15N3O3/c18-9-11-6-7-15-13(8-11)16(14(21)10-23-15)20-17(22)19-12-4-2-1-3-5-12/h1-8,14,16,21H,10H2,(H2,19,20,22)/t14-,16-/m1/s1. The number of para-hydroxylation sites is 1. The van der Waals surface area contributed by atoms with Crippen LogP contribution in [-0.2, 0) is 0 Å². The van der Waals surface area contributed by atoms with E-state index in [9.17, 15) is 9.90 Å². The Labute approximate surface area is 133 Å². The van der Waals surface area contributed by atoms with Crippen LogP contribution in [0.1, 0.15) is 17.2 Å². The highest BCUT2D eigenvalue weighted by Gasteiger charge is 2.31. The first-order valence-corrected chi connectivity index (χ1v) is 7.15. The molecule has 0 bridgehead atoms. The van der Waals surface area contributed by atoms with E-state index in [0.29, 0.717) is 22.6 Å². The summed E-state index contributed by atoms with van der Waals surface area (Å²) in [6.45, 7) is 0.0786. The molecule has 0 spiro atoms. The fourth-order valence-corrected chi connectivity index (χ4v) is 2.47. The lowest BCUT2D eigenvalue weighted by Crippen LogP contribution is -2.43. The van der Waals surface area contributed by atoms with Crippen molar-refractivity contribution in [3.63, 3.8) is 0 Å². The van der Waals surface area contributed by atoms with E-state index in [0.717, 1.165) is 0 Å². The van der Waals surface area contributed by atoms with Gasteiger partial charge in [0.2, 0.25) is 0 Å². The molecular weight excluding hydrogens is 294 g/mol. The maximum Gasteiger partial charge on any atom is 0.319 e. The molecule has 2 aromatic carbocycles. The van der Waals surface area contributed by atoms with Gasteiger partial charge in [0.1, 0.15) is 18.5 Å². The Bertz CT molecular complexity index is 755. The number of fused-ring (bicyclic) bond motifs is 1. The second-order valence-electron chi connectivity index (χ2n) is 5.18. The highest BCUT2D eigenvalue weighted by atomic mass is 16.5. The summed E-state index contributed by atoms with van der Waals surface area (Å²) in [4.78, 5) is 12.2. The zero-order valence-electron chi connectivity index (χ0n) is 12.2. The van der Waals surface area contributed by atoms with E-state index >= 15 is 0 Å². The van der Waals surface area contributed by atoms with Crippen LogP contribution < -0.4 is 15.4 Å². The number of ether oxygens (including phenoxy) is 1. The minimum absolute atomic E-state index is 0.0786. The number of aliphatic hydroxyl groups excluding tert-OH is 1. The molecule has 0 aliphatic carbocycles. The number of hydrogen-bond donors (Lipinski definition) is 3. The van der Waals surface area contributed by atoms with Gasteiger partial charge in [-0.25, -0.2) is 4.79 Å². The first-order valence-electron chi connectivity index (χ1n) is 7.15. The highest BCUT2D eigenvalue weighted by Crippen LogP contribution is 2.33. The predicted octanol–water partition coefficient (Wildman–Crippen LogP) is 2.17. The Morgan fingerprint density at radius 3 is 2.78 bits per heavy atom. The van der Waals surface area contributed by atoms with Crippen molar-refractivity contribution in [2.75, 3.05) is 11.9 Å². The fraction of sp³-hybridized carbons (Fsp3) is 0.176. The lowest BCUT2D eigenvalue weighted by Gasteiger charge is -2.31. The summed E-state index contributed by atoms with van der Waals surface area (Å²) in [6, 6.07) is 14.9. The van der Waals surface area contributed by atoms with Crippen molar-refractivity contribution >= 4 is 11.7 Å². The first-order chi connectivity index (χ1) is 11.2. The third-order valence-electron chi connectivity index (χ3n) is 3.59. The number of amides is 2. The van der Waals surface area contributed by atoms with E-state index in [1.165, 1.54) is 0 Å². The predicted molar refractivity (Wildman–Crippen MR) is 84.0 cm³/mol. The molecule has 0 unspecified atom stereocenters. The molecule has 0 fully saturated rings. The Hall–Kier alpha value is -3.04. The van der Waals surface area contributed by atoms with Gasteiger partial charge in [0, 0.05) is 11.3 Å². The average Bonchev–Trinajstić information content (AvgIpc) is 2.58. The number of carbonyl (C=O) groups is 1. The van der Waals surface area contributed by atoms with E-state index < -0.39 is 18.2 Å². The zero-order valence-corrected chi connectivity index (χ0v) is 12.2. The molecule has 2 aromatic rings. The van der Waals surface area contributed by atoms with Crippen molar-refractivity contribution in [1.29, 1.82) is 5.26 Å². The van der Waals surface area contributed by atoms with E-state index in [2.05, 4.69) is 10.6 Å². The van der Waals surface area contributed by atoms with Gasteiger partial charge in [-0.15, -0.1) is 0 Å². The highest BCUT2D eigenvalue weighted by molar-refractivity contribution is 5.89. The van der Waals surface area contributed by atoms with Crippen LogP contribution in [0.3, 0.4) is 0 Å². The topological polar surface area (TPSA) is 94.4 Å². The number of hydrogen-bond acceptors (Lipinski definition) is 4. The Balaban J connectivity index is 1.80. The molecule has 3 rings (SSSR count). The molecule has 2 atom stereocenters. The Morgan fingerprint density at radius 1 is 1.26 bits per heavy atom. The largest absolute Gasteiger partial charge is 0.490 e. The number of carbonyl (C=O) groups excluding carboxylic acids is 1. The number of rotatable bonds is 2. The maximum atomic E-state index is 12.2. The third kappa shape index (κ3) is 3.25. The molecular formula is C17H15N3O3. The van der Waals surface area contributed by atoms with Crippen LogP contribution >= 0.6 is 0 Å². The molecule has 116 valence electrons. The van der Waals surface area contributed by atoms with Gasteiger partial charge in [-0.2, -0.15) is 5.26 Å². The zero-order chi connectivity index (χ0) is 16.2. The number of nitrogens with one attached hydrogen (secondary N) is 2. The normalized spacial score (nSPS) is 19.0. The van der Waals surface area contributed by atoms with Crippen molar-refractivity contribution in [1.82, 2.24) is 5.32 Å². The van der Waals surface area contributed by atoms with Gasteiger partial charge in [-0.05, 0) is 30.3 Å². The summed E-state index contributed by atoms with van der Waals surface area (Å²) >= 11 is 0. The molecule has 0 saturated carbocycles. The SMILES string of the molecule is N#Cc1ccc2c(c1)[C@@H](NC(=O)Nc1ccccc1)[C@H](O)CO2. The molecule has 2 amide bonds. The molecule has 0 saturated heterocycles. The van der Waals surface area contributed by atoms with Gasteiger partial charge in [-0.3, -0.25) is 0 Å². The third-order valence-corrected chi connectivity index (χ3v) is 3.59. The smallest absolute Gasteiger partial charge is 0.319 e.